The van der Waals surface area contributed by atoms with Gasteiger partial charge in [-0.05, 0) is 141 Å². The lowest BCUT2D eigenvalue weighted by molar-refractivity contribution is -0.172. The highest BCUT2D eigenvalue weighted by molar-refractivity contribution is 5.89. The predicted octanol–water partition coefficient (Wildman–Crippen LogP) is 8.45. The second-order valence-corrected chi connectivity index (χ2v) is 30.7. The van der Waals surface area contributed by atoms with Crippen molar-refractivity contribution in [1.82, 2.24) is 35.1 Å². The maximum atomic E-state index is 13.4. The third-order valence-electron chi connectivity index (χ3n) is 19.2. The number of phenols is 1. The lowest BCUT2D eigenvalue weighted by Crippen LogP contribution is -2.44. The summed E-state index contributed by atoms with van der Waals surface area (Å²) >= 11 is 0. The SMILES string of the molecule is CC(C)(C)OC(=O)CCOCCOCCOCCOCCOC(=O)NCCCCCCN=C=O.CC[C@]1(O)C(=O)OCc2c1cc1n(c2=O)Cc2cc3cc(O)ccc3nc2-1.CC[C@]1(O)C(=O)OCc2c1cc1n(c2=O)Cc2cc3cc(OC(=O)NCCCCCCNC(=O)OCCOCCOCCOCCOCCC(=O)OC(C)(C)C)ccc3nc2-1. The van der Waals surface area contributed by atoms with Gasteiger partial charge in [-0.1, -0.05) is 39.5 Å². The van der Waals surface area contributed by atoms with Crippen molar-refractivity contribution in [3.8, 4) is 34.3 Å². The van der Waals surface area contributed by atoms with Gasteiger partial charge in [0.1, 0.15) is 49.1 Å². The Balaban J connectivity index is 0.000000253. The van der Waals surface area contributed by atoms with Gasteiger partial charge in [-0.15, -0.1) is 0 Å². The van der Waals surface area contributed by atoms with Crippen LogP contribution in [0.15, 0.2) is 75.2 Å². The zero-order valence-corrected chi connectivity index (χ0v) is 70.9. The van der Waals surface area contributed by atoms with Crippen molar-refractivity contribution in [1.29, 1.82) is 0 Å². The van der Waals surface area contributed by atoms with Crippen molar-refractivity contribution in [2.75, 3.05) is 145 Å². The molecule has 668 valence electrons. The lowest BCUT2D eigenvalue weighted by Gasteiger charge is -2.31. The Hall–Kier alpha value is -10.4. The molecule has 10 rings (SSSR count). The maximum Gasteiger partial charge on any atom is 0.412 e. The van der Waals surface area contributed by atoms with Crippen LogP contribution in [-0.4, -0.2) is 239 Å². The number of hydrogen-bond acceptors (Lipinski definition) is 31. The van der Waals surface area contributed by atoms with Crippen LogP contribution < -0.4 is 31.8 Å². The molecule has 0 fully saturated rings. The van der Waals surface area contributed by atoms with Crippen LogP contribution in [0.25, 0.3) is 44.6 Å². The van der Waals surface area contributed by atoms with E-state index in [1.807, 2.05) is 53.7 Å². The number of isocyanates is 1. The van der Waals surface area contributed by atoms with Gasteiger partial charge in [0.2, 0.25) is 6.08 Å². The van der Waals surface area contributed by atoms with Crippen molar-refractivity contribution < 1.29 is 125 Å². The van der Waals surface area contributed by atoms with Gasteiger partial charge in [0.25, 0.3) is 11.1 Å². The molecular weight excluding hydrogens is 1590 g/mol. The number of carbonyl (C=O) groups is 7. The van der Waals surface area contributed by atoms with Gasteiger partial charge in [0.15, 0.2) is 11.2 Å². The largest absolute Gasteiger partial charge is 0.508 e. The summed E-state index contributed by atoms with van der Waals surface area (Å²) in [5.74, 6) is -1.59. The molecule has 0 spiro atoms. The molecule has 0 saturated heterocycles. The molecule has 0 radical (unpaired) electrons. The Labute approximate surface area is 707 Å². The van der Waals surface area contributed by atoms with E-state index >= 15 is 0 Å². The number of nitrogens with one attached hydrogen (secondary N) is 3. The Morgan fingerprint density at radius 3 is 1.25 bits per heavy atom. The summed E-state index contributed by atoms with van der Waals surface area (Å²) in [6.07, 6.45) is 7.31. The van der Waals surface area contributed by atoms with Crippen LogP contribution in [-0.2, 0) is 128 Å². The van der Waals surface area contributed by atoms with Gasteiger partial charge in [-0.3, -0.25) is 19.2 Å². The van der Waals surface area contributed by atoms with Crippen LogP contribution in [0.4, 0.5) is 14.4 Å². The molecule has 0 bridgehead atoms. The average molecular weight is 1710 g/mol. The van der Waals surface area contributed by atoms with E-state index in [-0.39, 0.29) is 112 Å². The maximum absolute atomic E-state index is 13.4. The van der Waals surface area contributed by atoms with Crippen molar-refractivity contribution >= 4 is 70.0 Å². The van der Waals surface area contributed by atoms with Crippen LogP contribution in [0, 0.1) is 0 Å². The summed E-state index contributed by atoms with van der Waals surface area (Å²) in [5.41, 5.74) is 1.07. The number of cyclic esters (lactones) is 2. The van der Waals surface area contributed by atoms with E-state index < -0.39 is 52.6 Å². The molecule has 36 nitrogen and oxygen atoms in total. The molecule has 8 heterocycles. The minimum atomic E-state index is -1.90. The first-order valence-electron chi connectivity index (χ1n) is 41.3. The molecule has 0 unspecified atom stereocenters. The number of carbonyl (C=O) groups excluding carboxylic acids is 8. The molecular formula is C86H116N8O28. The van der Waals surface area contributed by atoms with Gasteiger partial charge < -0.3 is 111 Å². The number of fused-ring (bicyclic) bond motifs is 10. The molecule has 4 aliphatic heterocycles. The molecule has 2 aromatic carbocycles. The number of aliphatic imine (C=N–C) groups is 1. The second kappa shape index (κ2) is 49.1. The number of rotatable bonds is 47. The third kappa shape index (κ3) is 30.3. The molecule has 2 atom stereocenters. The highest BCUT2D eigenvalue weighted by Crippen LogP contribution is 2.41. The fourth-order valence-electron chi connectivity index (χ4n) is 13.1. The molecule has 122 heavy (non-hydrogen) atoms. The molecule has 36 heteroatoms. The molecule has 0 aliphatic carbocycles. The quantitative estimate of drug-likeness (QED) is 0.00684. The number of benzene rings is 2. The monoisotopic (exact) mass is 1710 g/mol. The topological polar surface area (TPSA) is 454 Å². The number of nitrogens with zero attached hydrogens (tertiary/aromatic N) is 5. The van der Waals surface area contributed by atoms with E-state index in [0.29, 0.717) is 176 Å². The average Bonchev–Trinajstić information content (AvgIpc) is 1.64. The number of alkyl carbamates (subject to hydrolysis) is 2. The lowest BCUT2D eigenvalue weighted by atomic mass is 9.86. The predicted molar refractivity (Wildman–Crippen MR) is 441 cm³/mol. The number of pyridine rings is 4. The van der Waals surface area contributed by atoms with E-state index in [1.165, 1.54) is 6.08 Å². The fraction of sp³-hybridized carbons (Fsp3) is 0.581. The third-order valence-corrected chi connectivity index (χ3v) is 19.2. The van der Waals surface area contributed by atoms with Crippen molar-refractivity contribution in [2.24, 2.45) is 4.99 Å². The number of unbranched alkanes of at least 4 members (excludes halogenated alkanes) is 6. The molecule has 4 aromatic heterocycles. The number of ether oxygens (including phenoxy) is 15. The molecule has 6 aromatic rings. The van der Waals surface area contributed by atoms with Crippen molar-refractivity contribution in [3.63, 3.8) is 0 Å². The van der Waals surface area contributed by atoms with E-state index in [2.05, 4.69) is 25.9 Å². The van der Waals surface area contributed by atoms with Crippen LogP contribution >= 0.6 is 0 Å². The number of hydrogen-bond donors (Lipinski definition) is 6. The summed E-state index contributed by atoms with van der Waals surface area (Å²) in [6, 6.07) is 17.1. The van der Waals surface area contributed by atoms with Crippen LogP contribution in [0.1, 0.15) is 166 Å². The Bertz CT molecular complexity index is 4670. The number of aromatic hydroxyl groups is 1. The normalized spacial score (nSPS) is 15.2. The Morgan fingerprint density at radius 1 is 0.484 bits per heavy atom. The number of phenolic OH excluding ortho intramolecular Hbond substituents is 1. The second-order valence-electron chi connectivity index (χ2n) is 30.7. The van der Waals surface area contributed by atoms with E-state index in [0.717, 1.165) is 73.3 Å². The minimum absolute atomic E-state index is 0.0618. The molecule has 0 saturated carbocycles. The van der Waals surface area contributed by atoms with E-state index in [4.69, 9.17) is 76.0 Å². The van der Waals surface area contributed by atoms with Gasteiger partial charge >= 0.3 is 42.2 Å². The van der Waals surface area contributed by atoms with Crippen LogP contribution in [0.2, 0.25) is 0 Å². The minimum Gasteiger partial charge on any atom is -0.508 e. The number of esters is 4. The zero-order chi connectivity index (χ0) is 88.1. The van der Waals surface area contributed by atoms with Gasteiger partial charge in [0.05, 0.1) is 183 Å². The van der Waals surface area contributed by atoms with E-state index in [9.17, 15) is 63.3 Å². The molecule has 3 amide bonds. The first kappa shape index (κ1) is 97.1. The fourth-order valence-corrected chi connectivity index (χ4v) is 13.1. The summed E-state index contributed by atoms with van der Waals surface area (Å²) in [5, 5.41) is 41.3. The van der Waals surface area contributed by atoms with Gasteiger partial charge in [-0.2, -0.15) is 0 Å². The van der Waals surface area contributed by atoms with Gasteiger partial charge in [-0.25, -0.2) is 43.7 Å². The first-order valence-corrected chi connectivity index (χ1v) is 41.3. The Kier molecular flexibility index (Phi) is 39.0. The zero-order valence-electron chi connectivity index (χ0n) is 70.9. The van der Waals surface area contributed by atoms with E-state index in [1.54, 1.807) is 71.5 Å². The number of aliphatic hydroxyl groups is 2. The summed E-state index contributed by atoms with van der Waals surface area (Å²) in [7, 11) is 0. The number of aromatic nitrogens is 4. The Morgan fingerprint density at radius 2 is 0.852 bits per heavy atom. The highest BCUT2D eigenvalue weighted by Gasteiger charge is 2.47. The smallest absolute Gasteiger partial charge is 0.412 e. The highest BCUT2D eigenvalue weighted by atomic mass is 16.6. The first-order chi connectivity index (χ1) is 58.6. The summed E-state index contributed by atoms with van der Waals surface area (Å²) in [6.45, 7) is 22.7. The van der Waals surface area contributed by atoms with Gasteiger partial charge in [0, 0.05) is 52.7 Å². The van der Waals surface area contributed by atoms with Crippen LogP contribution in [0.5, 0.6) is 11.5 Å². The molecule has 6 N–H and O–H groups in total. The van der Waals surface area contributed by atoms with Crippen molar-refractivity contribution in [2.45, 2.75) is 181 Å². The summed E-state index contributed by atoms with van der Waals surface area (Å²) < 4.78 is 82.4. The number of amides is 3. The van der Waals surface area contributed by atoms with Crippen LogP contribution in [0.3, 0.4) is 0 Å². The van der Waals surface area contributed by atoms with Crippen molar-refractivity contribution in [3.05, 3.63) is 115 Å². The standard InChI is InChI=1S/C43H58N4O14.C23H42N2O9.C20H16N2O5/c1-5-43(53)33-26-35-37-30(27-47(35)38(49)32(33)28-59-39(43)50)24-29-25-31(10-11-34(29)46-37)60-41(52)45-14-9-7-6-8-13-44-40(51)58-23-22-57-21-20-56-19-18-55-17-16-54-15-12-36(48)61-42(2,3)4;1-23(2,3)34-21(27)8-11-29-12-13-30-14-15-31-16-17-32-18-19-33-22(28)25-10-7-5-4-6-9-24-20-26;1-2-20(26)14-7-16-17-11(5-10-6-12(23)3-4-15(10)21-17)8-22(16)18(24)13(14)9-27-19(20)25/h10-11,24-26,53H,5-9,12-23,27-28H2,1-4H3,(H,44,51)(H,45,52);4-19H2,1-3H3,(H,25,28);3-7,23,26H,2,8-9H2,1H3/t43-;;20-/m1.1/s1. The molecule has 4 aliphatic rings. The summed E-state index contributed by atoms with van der Waals surface area (Å²) in [4.78, 5) is 133.